The SMILES string of the molecule is CC1(C)c2ccc3ccccc3c2-c2cccc(-c3ccc(-c4c5ccccc5c(-c5cccc(-c6cccc7c6oc6ccccc67)c5)c5ccccc45)cc3)c21. The van der Waals surface area contributed by atoms with Gasteiger partial charge in [-0.15, -0.1) is 0 Å². The fraction of sp³-hybridized carbons (Fsp3) is 0.0526. The Labute approximate surface area is 337 Å². The van der Waals surface area contributed by atoms with Crippen molar-refractivity contribution >= 4 is 54.3 Å². The first-order chi connectivity index (χ1) is 28.5. The molecule has 272 valence electrons. The van der Waals surface area contributed by atoms with Crippen LogP contribution in [0.2, 0.25) is 0 Å². The van der Waals surface area contributed by atoms with Gasteiger partial charge in [-0.25, -0.2) is 0 Å². The second-order valence-electron chi connectivity index (χ2n) is 16.3. The van der Waals surface area contributed by atoms with Crippen LogP contribution in [0.4, 0.5) is 0 Å². The van der Waals surface area contributed by atoms with E-state index >= 15 is 0 Å². The summed E-state index contributed by atoms with van der Waals surface area (Å²) in [4.78, 5) is 0. The van der Waals surface area contributed by atoms with Gasteiger partial charge in [0.1, 0.15) is 11.2 Å². The lowest BCUT2D eigenvalue weighted by atomic mass is 9.78. The quantitative estimate of drug-likeness (QED) is 0.164. The van der Waals surface area contributed by atoms with Gasteiger partial charge in [0.15, 0.2) is 0 Å². The zero-order chi connectivity index (χ0) is 38.5. The molecule has 11 aromatic rings. The van der Waals surface area contributed by atoms with Gasteiger partial charge in [-0.1, -0.05) is 196 Å². The summed E-state index contributed by atoms with van der Waals surface area (Å²) in [7, 11) is 0. The van der Waals surface area contributed by atoms with Crippen LogP contribution < -0.4 is 0 Å². The van der Waals surface area contributed by atoms with E-state index in [4.69, 9.17) is 4.42 Å². The van der Waals surface area contributed by atoms with E-state index in [1.165, 1.54) is 88.0 Å². The van der Waals surface area contributed by atoms with Crippen LogP contribution in [0.3, 0.4) is 0 Å². The van der Waals surface area contributed by atoms with Crippen LogP contribution in [0, 0.1) is 0 Å². The molecule has 0 N–H and O–H groups in total. The van der Waals surface area contributed by atoms with Crippen molar-refractivity contribution in [2.24, 2.45) is 0 Å². The van der Waals surface area contributed by atoms with E-state index in [1.807, 2.05) is 6.07 Å². The molecule has 0 saturated heterocycles. The Kier molecular flexibility index (Phi) is 7.04. The van der Waals surface area contributed by atoms with Gasteiger partial charge in [0.25, 0.3) is 0 Å². The lowest BCUT2D eigenvalue weighted by Crippen LogP contribution is -2.16. The van der Waals surface area contributed by atoms with Crippen LogP contribution in [0.1, 0.15) is 25.0 Å². The molecule has 1 aromatic heterocycles. The third-order valence-corrected chi connectivity index (χ3v) is 12.8. The minimum absolute atomic E-state index is 0.123. The van der Waals surface area contributed by atoms with Gasteiger partial charge in [-0.3, -0.25) is 0 Å². The van der Waals surface area contributed by atoms with Gasteiger partial charge >= 0.3 is 0 Å². The topological polar surface area (TPSA) is 13.1 Å². The van der Waals surface area contributed by atoms with E-state index in [0.29, 0.717) is 0 Å². The molecule has 0 unspecified atom stereocenters. The van der Waals surface area contributed by atoms with Crippen LogP contribution in [0.5, 0.6) is 0 Å². The molecule has 0 radical (unpaired) electrons. The van der Waals surface area contributed by atoms with Gasteiger partial charge in [0.05, 0.1) is 0 Å². The highest BCUT2D eigenvalue weighted by atomic mass is 16.3. The van der Waals surface area contributed by atoms with Crippen LogP contribution >= 0.6 is 0 Å². The summed E-state index contributed by atoms with van der Waals surface area (Å²) >= 11 is 0. The van der Waals surface area contributed by atoms with Gasteiger partial charge in [-0.05, 0) is 106 Å². The second kappa shape index (κ2) is 12.4. The molecule has 0 spiro atoms. The Balaban J connectivity index is 1.00. The Bertz CT molecular complexity index is 3410. The maximum absolute atomic E-state index is 6.49. The van der Waals surface area contributed by atoms with Crippen molar-refractivity contribution in [3.8, 4) is 55.6 Å². The smallest absolute Gasteiger partial charge is 0.143 e. The highest BCUT2D eigenvalue weighted by Gasteiger charge is 2.38. The Morgan fingerprint density at radius 1 is 0.345 bits per heavy atom. The number of para-hydroxylation sites is 2. The van der Waals surface area contributed by atoms with Crippen molar-refractivity contribution < 1.29 is 4.42 Å². The molecular weight excluding hydrogens is 701 g/mol. The van der Waals surface area contributed by atoms with Crippen LogP contribution in [-0.2, 0) is 5.41 Å². The van der Waals surface area contributed by atoms with Crippen molar-refractivity contribution in [1.29, 1.82) is 0 Å². The molecular formula is C57H38O. The summed E-state index contributed by atoms with van der Waals surface area (Å²) in [5.41, 5.74) is 17.0. The third kappa shape index (κ3) is 4.71. The number of benzene rings is 10. The predicted octanol–water partition coefficient (Wildman–Crippen LogP) is 16.0. The summed E-state index contributed by atoms with van der Waals surface area (Å²) in [6, 6.07) is 71.3. The van der Waals surface area contributed by atoms with E-state index < -0.39 is 0 Å². The number of furan rings is 1. The first kappa shape index (κ1) is 33.0. The largest absolute Gasteiger partial charge is 0.455 e. The maximum Gasteiger partial charge on any atom is 0.143 e. The highest BCUT2D eigenvalue weighted by Crippen LogP contribution is 2.54. The average Bonchev–Trinajstić information content (AvgIpc) is 3.78. The number of rotatable bonds is 4. The summed E-state index contributed by atoms with van der Waals surface area (Å²) in [5.74, 6) is 0. The number of fused-ring (bicyclic) bond motifs is 10. The van der Waals surface area contributed by atoms with Gasteiger partial charge in [-0.2, -0.15) is 0 Å². The lowest BCUT2D eigenvalue weighted by Gasteiger charge is -2.25. The van der Waals surface area contributed by atoms with Crippen LogP contribution in [-0.4, -0.2) is 0 Å². The number of hydrogen-bond acceptors (Lipinski definition) is 1. The molecule has 0 atom stereocenters. The molecule has 1 nitrogen and oxygen atoms in total. The van der Waals surface area contributed by atoms with E-state index in [0.717, 1.165) is 33.1 Å². The molecule has 58 heavy (non-hydrogen) atoms. The van der Waals surface area contributed by atoms with E-state index in [2.05, 4.69) is 202 Å². The highest BCUT2D eigenvalue weighted by molar-refractivity contribution is 6.21. The normalized spacial score (nSPS) is 13.1. The minimum atomic E-state index is -0.123. The summed E-state index contributed by atoms with van der Waals surface area (Å²) < 4.78 is 6.49. The van der Waals surface area contributed by atoms with Crippen molar-refractivity contribution in [2.75, 3.05) is 0 Å². The average molecular weight is 739 g/mol. The summed E-state index contributed by atoms with van der Waals surface area (Å²) in [6.45, 7) is 4.78. The monoisotopic (exact) mass is 738 g/mol. The molecule has 10 aromatic carbocycles. The molecule has 0 bridgehead atoms. The van der Waals surface area contributed by atoms with Crippen molar-refractivity contribution in [1.82, 2.24) is 0 Å². The van der Waals surface area contributed by atoms with E-state index in [-0.39, 0.29) is 5.41 Å². The Morgan fingerprint density at radius 3 is 1.62 bits per heavy atom. The zero-order valence-corrected chi connectivity index (χ0v) is 32.4. The standard InChI is InChI=1S/C57H38O/c1-57(2)50-33-32-35-14-3-4-17-40(35)54(50)49-26-12-23-41(55(49)57)36-28-30-37(31-29-36)52-44-19-5-7-21-46(44)53(47-22-8-6-20-45(47)52)39-16-11-15-38(34-39)42-24-13-25-48-43-18-9-10-27-51(43)58-56(42)48/h3-34H,1-2H3. The van der Waals surface area contributed by atoms with Gasteiger partial charge < -0.3 is 4.42 Å². The first-order valence-corrected chi connectivity index (χ1v) is 20.3. The fourth-order valence-electron chi connectivity index (χ4n) is 10.3. The second-order valence-corrected chi connectivity index (χ2v) is 16.3. The van der Waals surface area contributed by atoms with E-state index in [9.17, 15) is 0 Å². The van der Waals surface area contributed by atoms with Gasteiger partial charge in [0.2, 0.25) is 0 Å². The molecule has 0 aliphatic heterocycles. The number of hydrogen-bond donors (Lipinski definition) is 0. The molecule has 1 aliphatic carbocycles. The van der Waals surface area contributed by atoms with Crippen molar-refractivity contribution in [3.05, 3.63) is 205 Å². The molecule has 0 amide bonds. The van der Waals surface area contributed by atoms with Crippen molar-refractivity contribution in [3.63, 3.8) is 0 Å². The maximum atomic E-state index is 6.49. The van der Waals surface area contributed by atoms with E-state index in [1.54, 1.807) is 0 Å². The Morgan fingerprint density at radius 2 is 0.879 bits per heavy atom. The molecule has 1 heterocycles. The molecule has 1 aliphatic rings. The lowest BCUT2D eigenvalue weighted by molar-refractivity contribution is 0.662. The molecule has 0 saturated carbocycles. The van der Waals surface area contributed by atoms with Gasteiger partial charge in [0, 0.05) is 21.8 Å². The molecule has 12 rings (SSSR count). The molecule has 1 heteroatoms. The van der Waals surface area contributed by atoms with Crippen LogP contribution in [0.25, 0.3) is 110 Å². The third-order valence-electron chi connectivity index (χ3n) is 12.8. The summed E-state index contributed by atoms with van der Waals surface area (Å²) in [5, 5.41) is 9.89. The zero-order valence-electron chi connectivity index (χ0n) is 32.4. The Hall–Kier alpha value is -7.22. The van der Waals surface area contributed by atoms with Crippen LogP contribution in [0.15, 0.2) is 199 Å². The fourth-order valence-corrected chi connectivity index (χ4v) is 10.3. The van der Waals surface area contributed by atoms with Crippen molar-refractivity contribution in [2.45, 2.75) is 19.3 Å². The first-order valence-electron chi connectivity index (χ1n) is 20.3. The molecule has 0 fully saturated rings. The minimum Gasteiger partial charge on any atom is -0.455 e. The predicted molar refractivity (Wildman–Crippen MR) is 246 cm³/mol. The summed E-state index contributed by atoms with van der Waals surface area (Å²) in [6.07, 6.45) is 0.